The fourth-order valence-electron chi connectivity index (χ4n) is 0.684. The number of nitrogens with two attached hydrogens (primary N) is 2. The molecule has 0 amide bonds. The fourth-order valence-corrected chi connectivity index (χ4v) is 0.852. The maximum Gasteiger partial charge on any atom is 0.142 e. The summed E-state index contributed by atoms with van der Waals surface area (Å²) >= 11 is 5.80. The third kappa shape index (κ3) is 3.37. The minimum Gasteiger partial charge on any atom is -0.298 e. The van der Waals surface area contributed by atoms with Crippen molar-refractivity contribution in [3.63, 3.8) is 0 Å². The number of nitrogens with zero attached hydrogens (tertiary/aromatic N) is 2. The molecular weight excluding hydrogens is 190 g/mol. The molecule has 0 aliphatic heterocycles. The van der Waals surface area contributed by atoms with Gasteiger partial charge in [-0.25, -0.2) is 0 Å². The van der Waals surface area contributed by atoms with Crippen LogP contribution < -0.4 is 16.9 Å². The molecular formula is C7H10ClN5. The van der Waals surface area contributed by atoms with Gasteiger partial charge in [-0.15, -0.1) is 0 Å². The molecule has 1 heterocycles. The number of hydrogen-bond acceptors (Lipinski definition) is 5. The van der Waals surface area contributed by atoms with Gasteiger partial charge in [-0.05, 0) is 6.07 Å². The van der Waals surface area contributed by atoms with Gasteiger partial charge < -0.3 is 0 Å². The Kier molecular flexibility index (Phi) is 3.63. The minimum atomic E-state index is -0.670. The van der Waals surface area contributed by atoms with Crippen molar-refractivity contribution in [1.82, 2.24) is 10.4 Å². The molecule has 5 N–H and O–H groups in total. The second kappa shape index (κ2) is 4.76. The normalized spacial score (nSPS) is 11.1. The van der Waals surface area contributed by atoms with Crippen molar-refractivity contribution >= 4 is 17.8 Å². The van der Waals surface area contributed by atoms with Crippen LogP contribution in [-0.2, 0) is 0 Å². The van der Waals surface area contributed by atoms with Crippen LogP contribution in [0.3, 0.4) is 0 Å². The first kappa shape index (κ1) is 9.91. The molecule has 0 saturated heterocycles. The lowest BCUT2D eigenvalue weighted by Gasteiger charge is -2.02. The Morgan fingerprint density at radius 3 is 3.00 bits per heavy atom. The second-order valence-electron chi connectivity index (χ2n) is 2.31. The predicted octanol–water partition coefficient (Wildman–Crippen LogP) is -0.140. The number of halogens is 1. The standard InChI is InChI=1S/C7H10ClN5/c8-6-4-11-2-1-5(6)3-12-13-7(9)10/h1-4,7,13H,9-10H2/b12-3+. The third-order valence-electron chi connectivity index (χ3n) is 1.23. The molecule has 1 rings (SSSR count). The van der Waals surface area contributed by atoms with Gasteiger partial charge in [0.1, 0.15) is 6.29 Å². The Hall–Kier alpha value is -1.17. The van der Waals surface area contributed by atoms with Crippen molar-refractivity contribution in [1.29, 1.82) is 0 Å². The lowest BCUT2D eigenvalue weighted by Crippen LogP contribution is -2.42. The molecule has 0 bridgehead atoms. The molecule has 0 saturated carbocycles. The van der Waals surface area contributed by atoms with Gasteiger partial charge in [0, 0.05) is 18.0 Å². The molecule has 0 aliphatic rings. The quantitative estimate of drug-likeness (QED) is 0.359. The van der Waals surface area contributed by atoms with Crippen molar-refractivity contribution in [3.8, 4) is 0 Å². The van der Waals surface area contributed by atoms with E-state index >= 15 is 0 Å². The average Bonchev–Trinajstić information content (AvgIpc) is 2.08. The Bertz CT molecular complexity index is 299. The molecule has 1 aromatic rings. The minimum absolute atomic E-state index is 0.527. The van der Waals surface area contributed by atoms with Gasteiger partial charge in [-0.2, -0.15) is 5.10 Å². The van der Waals surface area contributed by atoms with Crippen LogP contribution >= 0.6 is 11.6 Å². The molecule has 13 heavy (non-hydrogen) atoms. The van der Waals surface area contributed by atoms with Crippen molar-refractivity contribution in [2.24, 2.45) is 16.6 Å². The number of pyridine rings is 1. The molecule has 0 aromatic carbocycles. The smallest absolute Gasteiger partial charge is 0.142 e. The molecule has 0 unspecified atom stereocenters. The summed E-state index contributed by atoms with van der Waals surface area (Å²) in [6.07, 6.45) is 4.01. The zero-order valence-electron chi connectivity index (χ0n) is 6.81. The van der Waals surface area contributed by atoms with Gasteiger partial charge in [0.25, 0.3) is 0 Å². The number of hydrogen-bond donors (Lipinski definition) is 3. The summed E-state index contributed by atoms with van der Waals surface area (Å²) in [5, 5.41) is 4.29. The van der Waals surface area contributed by atoms with Crippen LogP contribution in [-0.4, -0.2) is 17.5 Å². The van der Waals surface area contributed by atoms with Crippen molar-refractivity contribution in [2.45, 2.75) is 6.29 Å². The van der Waals surface area contributed by atoms with E-state index in [1.807, 2.05) is 0 Å². The van der Waals surface area contributed by atoms with Crippen molar-refractivity contribution in [3.05, 3.63) is 29.0 Å². The van der Waals surface area contributed by atoms with Crippen molar-refractivity contribution < 1.29 is 0 Å². The molecule has 0 spiro atoms. The number of nitrogens with one attached hydrogen (secondary N) is 1. The van der Waals surface area contributed by atoms with Gasteiger partial charge >= 0.3 is 0 Å². The Balaban J connectivity index is 2.63. The maximum absolute atomic E-state index is 5.80. The molecule has 70 valence electrons. The van der Waals surface area contributed by atoms with Crippen LogP contribution in [0.25, 0.3) is 0 Å². The Morgan fingerprint density at radius 1 is 1.62 bits per heavy atom. The van der Waals surface area contributed by atoms with Crippen LogP contribution in [0.4, 0.5) is 0 Å². The highest BCUT2D eigenvalue weighted by Gasteiger charge is 1.94. The number of aromatic nitrogens is 1. The lowest BCUT2D eigenvalue weighted by molar-refractivity contribution is 0.573. The molecule has 0 fully saturated rings. The predicted molar refractivity (Wildman–Crippen MR) is 52.1 cm³/mol. The summed E-state index contributed by atoms with van der Waals surface area (Å²) in [5.41, 5.74) is 13.6. The topological polar surface area (TPSA) is 89.3 Å². The first-order valence-electron chi connectivity index (χ1n) is 3.59. The van der Waals surface area contributed by atoms with E-state index in [0.29, 0.717) is 5.02 Å². The zero-order valence-corrected chi connectivity index (χ0v) is 7.57. The van der Waals surface area contributed by atoms with Crippen LogP contribution in [0.1, 0.15) is 5.56 Å². The molecule has 1 aromatic heterocycles. The fraction of sp³-hybridized carbons (Fsp3) is 0.143. The van der Waals surface area contributed by atoms with Crippen LogP contribution in [0, 0.1) is 0 Å². The van der Waals surface area contributed by atoms with Gasteiger partial charge in [-0.3, -0.25) is 21.9 Å². The van der Waals surface area contributed by atoms with Gasteiger partial charge in [0.2, 0.25) is 0 Å². The summed E-state index contributed by atoms with van der Waals surface area (Å²) in [6, 6.07) is 1.73. The first-order chi connectivity index (χ1) is 6.20. The largest absolute Gasteiger partial charge is 0.298 e. The molecule has 5 nitrogen and oxygen atoms in total. The summed E-state index contributed by atoms with van der Waals surface area (Å²) in [7, 11) is 0. The molecule has 0 radical (unpaired) electrons. The highest BCUT2D eigenvalue weighted by molar-refractivity contribution is 6.32. The highest BCUT2D eigenvalue weighted by atomic mass is 35.5. The second-order valence-corrected chi connectivity index (χ2v) is 2.72. The monoisotopic (exact) mass is 199 g/mol. The van der Waals surface area contributed by atoms with E-state index in [1.165, 1.54) is 12.4 Å². The third-order valence-corrected chi connectivity index (χ3v) is 1.55. The number of rotatable bonds is 3. The van der Waals surface area contributed by atoms with E-state index in [9.17, 15) is 0 Å². The van der Waals surface area contributed by atoms with E-state index in [-0.39, 0.29) is 0 Å². The van der Waals surface area contributed by atoms with Gasteiger partial charge in [-0.1, -0.05) is 11.6 Å². The molecule has 0 atom stereocenters. The number of hydrazone groups is 1. The van der Waals surface area contributed by atoms with Crippen LogP contribution in [0.5, 0.6) is 0 Å². The molecule has 6 heteroatoms. The van der Waals surface area contributed by atoms with Gasteiger partial charge in [0.15, 0.2) is 0 Å². The van der Waals surface area contributed by atoms with E-state index < -0.39 is 6.29 Å². The summed E-state index contributed by atoms with van der Waals surface area (Å²) in [4.78, 5) is 3.82. The summed E-state index contributed by atoms with van der Waals surface area (Å²) in [5.74, 6) is 0. The Labute approximate surface area is 80.8 Å². The summed E-state index contributed by atoms with van der Waals surface area (Å²) in [6.45, 7) is 0. The van der Waals surface area contributed by atoms with Crippen LogP contribution in [0.2, 0.25) is 5.02 Å². The first-order valence-corrected chi connectivity index (χ1v) is 3.97. The SMILES string of the molecule is NC(N)N/N=C/c1ccncc1Cl. The van der Waals surface area contributed by atoms with Gasteiger partial charge in [0.05, 0.1) is 11.2 Å². The summed E-state index contributed by atoms with van der Waals surface area (Å²) < 4.78 is 0. The van der Waals surface area contributed by atoms with E-state index in [4.69, 9.17) is 23.1 Å². The average molecular weight is 200 g/mol. The van der Waals surface area contributed by atoms with Crippen molar-refractivity contribution in [2.75, 3.05) is 0 Å². The van der Waals surface area contributed by atoms with E-state index in [0.717, 1.165) is 5.56 Å². The zero-order chi connectivity index (χ0) is 9.68. The lowest BCUT2D eigenvalue weighted by atomic mass is 10.3. The van der Waals surface area contributed by atoms with Crippen LogP contribution in [0.15, 0.2) is 23.6 Å². The Morgan fingerprint density at radius 2 is 2.38 bits per heavy atom. The van der Waals surface area contributed by atoms with E-state index in [2.05, 4.69) is 15.5 Å². The maximum atomic E-state index is 5.80. The van der Waals surface area contributed by atoms with E-state index in [1.54, 1.807) is 12.3 Å². The highest BCUT2D eigenvalue weighted by Crippen LogP contribution is 2.09. The molecule has 0 aliphatic carbocycles.